The Labute approximate surface area is 123 Å². The van der Waals surface area contributed by atoms with Crippen LogP contribution in [-0.2, 0) is 6.54 Å². The normalized spacial score (nSPS) is 12.9. The second kappa shape index (κ2) is 4.74. The Balaban J connectivity index is 1.88. The first-order valence-electron chi connectivity index (χ1n) is 7.19. The number of nitrogens with zero attached hydrogens (tertiary/aromatic N) is 3. The van der Waals surface area contributed by atoms with Crippen LogP contribution in [0.15, 0.2) is 48.9 Å². The van der Waals surface area contributed by atoms with E-state index in [1.807, 2.05) is 18.5 Å². The molecule has 21 heavy (non-hydrogen) atoms. The van der Waals surface area contributed by atoms with E-state index in [-0.39, 0.29) is 0 Å². The molecule has 1 aliphatic heterocycles. The first-order chi connectivity index (χ1) is 10.4. The SMILES string of the molecule is CCN1Cc2cn[nH]c2-c2ccc(-c3cccnc3)cc21. The Bertz CT molecular complexity index is 776. The van der Waals surface area contributed by atoms with Crippen molar-refractivity contribution in [3.8, 4) is 22.4 Å². The van der Waals surface area contributed by atoms with Gasteiger partial charge in [0.25, 0.3) is 0 Å². The average Bonchev–Trinajstić information content (AvgIpc) is 3.03. The molecule has 1 N–H and O–H groups in total. The number of pyridine rings is 1. The number of H-pyrrole nitrogens is 1. The van der Waals surface area contributed by atoms with Crippen molar-refractivity contribution in [2.24, 2.45) is 0 Å². The number of anilines is 1. The molecule has 104 valence electrons. The van der Waals surface area contributed by atoms with Crippen molar-refractivity contribution in [1.82, 2.24) is 15.2 Å². The summed E-state index contributed by atoms with van der Waals surface area (Å²) in [7, 11) is 0. The first-order valence-corrected chi connectivity index (χ1v) is 7.19. The van der Waals surface area contributed by atoms with Crippen LogP contribution in [0.5, 0.6) is 0 Å². The van der Waals surface area contributed by atoms with Crippen molar-refractivity contribution in [2.45, 2.75) is 13.5 Å². The lowest BCUT2D eigenvalue weighted by Crippen LogP contribution is -2.25. The molecule has 0 bridgehead atoms. The van der Waals surface area contributed by atoms with Crippen LogP contribution in [0.2, 0.25) is 0 Å². The predicted molar refractivity (Wildman–Crippen MR) is 84.0 cm³/mol. The molecule has 4 rings (SSSR count). The van der Waals surface area contributed by atoms with E-state index in [0.29, 0.717) is 0 Å². The minimum Gasteiger partial charge on any atom is -0.367 e. The maximum atomic E-state index is 4.21. The molecule has 3 aromatic rings. The summed E-state index contributed by atoms with van der Waals surface area (Å²) in [5, 5.41) is 7.32. The van der Waals surface area contributed by atoms with Gasteiger partial charge >= 0.3 is 0 Å². The molecule has 0 saturated carbocycles. The zero-order valence-electron chi connectivity index (χ0n) is 11.9. The molecule has 0 atom stereocenters. The highest BCUT2D eigenvalue weighted by Crippen LogP contribution is 2.39. The molecule has 0 saturated heterocycles. The van der Waals surface area contributed by atoms with E-state index in [4.69, 9.17) is 0 Å². The van der Waals surface area contributed by atoms with E-state index in [0.717, 1.165) is 24.3 Å². The lowest BCUT2D eigenvalue weighted by atomic mass is 9.96. The fourth-order valence-electron chi connectivity index (χ4n) is 2.95. The zero-order valence-corrected chi connectivity index (χ0v) is 11.9. The summed E-state index contributed by atoms with van der Waals surface area (Å²) in [4.78, 5) is 6.59. The monoisotopic (exact) mass is 276 g/mol. The third-order valence-electron chi connectivity index (χ3n) is 4.06. The van der Waals surface area contributed by atoms with Crippen molar-refractivity contribution >= 4 is 5.69 Å². The van der Waals surface area contributed by atoms with Crippen molar-refractivity contribution in [1.29, 1.82) is 0 Å². The Kier molecular flexibility index (Phi) is 2.74. The summed E-state index contributed by atoms with van der Waals surface area (Å²) >= 11 is 0. The van der Waals surface area contributed by atoms with Gasteiger partial charge in [0.1, 0.15) is 0 Å². The molecule has 0 fully saturated rings. The average molecular weight is 276 g/mol. The quantitative estimate of drug-likeness (QED) is 0.779. The fourth-order valence-corrected chi connectivity index (χ4v) is 2.95. The molecule has 1 aromatic carbocycles. The van der Waals surface area contributed by atoms with Gasteiger partial charge in [-0.25, -0.2) is 0 Å². The van der Waals surface area contributed by atoms with Crippen molar-refractivity contribution in [2.75, 3.05) is 11.4 Å². The largest absolute Gasteiger partial charge is 0.367 e. The van der Waals surface area contributed by atoms with Gasteiger partial charge in [0.05, 0.1) is 11.9 Å². The molecule has 0 unspecified atom stereocenters. The molecule has 4 heteroatoms. The number of hydrogen-bond donors (Lipinski definition) is 1. The molecular weight excluding hydrogens is 260 g/mol. The van der Waals surface area contributed by atoms with Crippen LogP contribution in [0.4, 0.5) is 5.69 Å². The van der Waals surface area contributed by atoms with E-state index >= 15 is 0 Å². The lowest BCUT2D eigenvalue weighted by molar-refractivity contribution is 0.824. The van der Waals surface area contributed by atoms with E-state index < -0.39 is 0 Å². The van der Waals surface area contributed by atoms with E-state index in [9.17, 15) is 0 Å². The molecule has 0 spiro atoms. The summed E-state index contributed by atoms with van der Waals surface area (Å²) < 4.78 is 0. The minimum absolute atomic E-state index is 0.909. The van der Waals surface area contributed by atoms with E-state index in [1.165, 1.54) is 22.4 Å². The third-order valence-corrected chi connectivity index (χ3v) is 4.06. The van der Waals surface area contributed by atoms with Crippen LogP contribution >= 0.6 is 0 Å². The number of benzene rings is 1. The highest BCUT2D eigenvalue weighted by atomic mass is 15.2. The molecule has 0 aliphatic carbocycles. The summed E-state index contributed by atoms with van der Waals surface area (Å²) in [5.74, 6) is 0. The van der Waals surface area contributed by atoms with Gasteiger partial charge in [0.15, 0.2) is 0 Å². The van der Waals surface area contributed by atoms with Crippen molar-refractivity contribution in [3.63, 3.8) is 0 Å². The second-order valence-electron chi connectivity index (χ2n) is 5.26. The summed E-state index contributed by atoms with van der Waals surface area (Å²) in [6.45, 7) is 4.07. The molecule has 4 nitrogen and oxygen atoms in total. The molecular formula is C17H16N4. The van der Waals surface area contributed by atoms with Crippen LogP contribution in [0, 0.1) is 0 Å². The van der Waals surface area contributed by atoms with Gasteiger partial charge < -0.3 is 4.90 Å². The Hall–Kier alpha value is -2.62. The first kappa shape index (κ1) is 12.1. The van der Waals surface area contributed by atoms with Crippen molar-refractivity contribution in [3.05, 3.63) is 54.5 Å². The number of rotatable bonds is 2. The highest BCUT2D eigenvalue weighted by molar-refractivity contribution is 5.85. The van der Waals surface area contributed by atoms with Gasteiger partial charge in [-0.1, -0.05) is 18.2 Å². The predicted octanol–water partition coefficient (Wildman–Crippen LogP) is 3.48. The molecule has 0 amide bonds. The standard InChI is InChI=1S/C17H16N4/c1-2-21-11-14-10-19-20-17(14)15-6-5-12(8-16(15)21)13-4-3-7-18-9-13/h3-10H,2,11H2,1H3,(H,19,20). The van der Waals surface area contributed by atoms with Crippen LogP contribution in [0.1, 0.15) is 12.5 Å². The topological polar surface area (TPSA) is 44.8 Å². The maximum absolute atomic E-state index is 4.21. The molecule has 0 radical (unpaired) electrons. The Morgan fingerprint density at radius 1 is 1.19 bits per heavy atom. The van der Waals surface area contributed by atoms with E-state index in [1.54, 1.807) is 6.20 Å². The number of hydrogen-bond acceptors (Lipinski definition) is 3. The Morgan fingerprint density at radius 3 is 2.95 bits per heavy atom. The van der Waals surface area contributed by atoms with Gasteiger partial charge in [-0.05, 0) is 24.6 Å². The van der Waals surface area contributed by atoms with Crippen LogP contribution in [-0.4, -0.2) is 21.7 Å². The Morgan fingerprint density at radius 2 is 2.14 bits per heavy atom. The smallest absolute Gasteiger partial charge is 0.0720 e. The van der Waals surface area contributed by atoms with Gasteiger partial charge in [-0.15, -0.1) is 0 Å². The summed E-state index contributed by atoms with van der Waals surface area (Å²) in [6, 6.07) is 10.6. The van der Waals surface area contributed by atoms with Gasteiger partial charge in [-0.3, -0.25) is 10.1 Å². The third kappa shape index (κ3) is 1.91. The second-order valence-corrected chi connectivity index (χ2v) is 5.26. The minimum atomic E-state index is 0.909. The maximum Gasteiger partial charge on any atom is 0.0720 e. The summed E-state index contributed by atoms with van der Waals surface area (Å²) in [6.07, 6.45) is 5.63. The molecule has 2 aromatic heterocycles. The van der Waals surface area contributed by atoms with Crippen LogP contribution in [0.3, 0.4) is 0 Å². The number of nitrogens with one attached hydrogen (secondary N) is 1. The zero-order chi connectivity index (χ0) is 14.2. The highest BCUT2D eigenvalue weighted by Gasteiger charge is 2.22. The summed E-state index contributed by atoms with van der Waals surface area (Å²) in [5.41, 5.74) is 7.24. The fraction of sp³-hybridized carbons (Fsp3) is 0.176. The van der Waals surface area contributed by atoms with Crippen LogP contribution in [0.25, 0.3) is 22.4 Å². The number of fused-ring (bicyclic) bond motifs is 3. The van der Waals surface area contributed by atoms with Gasteiger partial charge in [0.2, 0.25) is 0 Å². The number of aromatic amines is 1. The van der Waals surface area contributed by atoms with Crippen LogP contribution < -0.4 is 4.90 Å². The van der Waals surface area contributed by atoms with Gasteiger partial charge in [-0.2, -0.15) is 5.10 Å². The molecule has 1 aliphatic rings. The molecule has 3 heterocycles. The van der Waals surface area contributed by atoms with Gasteiger partial charge in [0, 0.05) is 47.9 Å². The van der Waals surface area contributed by atoms with E-state index in [2.05, 4.69) is 51.3 Å². The van der Waals surface area contributed by atoms with Crippen molar-refractivity contribution < 1.29 is 0 Å². The number of aromatic nitrogens is 3. The lowest BCUT2D eigenvalue weighted by Gasteiger charge is -2.30.